The fourth-order valence-corrected chi connectivity index (χ4v) is 2.95. The molecule has 0 saturated carbocycles. The zero-order valence-corrected chi connectivity index (χ0v) is 14.3. The molecule has 0 aliphatic rings. The average Bonchev–Trinajstić information content (AvgIpc) is 2.80. The number of carbonyl (C=O) groups excluding carboxylic acids is 1. The van der Waals surface area contributed by atoms with Gasteiger partial charge in [-0.1, -0.05) is 34.1 Å². The summed E-state index contributed by atoms with van der Waals surface area (Å²) in [6.07, 6.45) is 1.62. The molecule has 0 aliphatic heterocycles. The quantitative estimate of drug-likeness (QED) is 0.881. The number of aromatic nitrogens is 1. The van der Waals surface area contributed by atoms with E-state index < -0.39 is 10.8 Å². The van der Waals surface area contributed by atoms with Crippen LogP contribution in [0.1, 0.15) is 10.5 Å². The Labute approximate surface area is 135 Å². The first-order valence-corrected chi connectivity index (χ1v) is 9.01. The molecule has 2 aromatic rings. The van der Waals surface area contributed by atoms with Crippen LogP contribution in [0.25, 0.3) is 11.3 Å². The molecule has 1 aromatic heterocycles. The molecule has 1 aromatic carbocycles. The highest BCUT2D eigenvalue weighted by Gasteiger charge is 2.14. The van der Waals surface area contributed by atoms with Gasteiger partial charge in [-0.05, 0) is 18.2 Å². The van der Waals surface area contributed by atoms with Crippen LogP contribution >= 0.6 is 15.9 Å². The SMILES string of the molecule is Cn1c(C(=O)NCCS(C)=O)ccc1-c1ccccc1Br. The summed E-state index contributed by atoms with van der Waals surface area (Å²) in [5, 5.41) is 2.79. The van der Waals surface area contributed by atoms with Gasteiger partial charge < -0.3 is 9.88 Å². The van der Waals surface area contributed by atoms with Crippen molar-refractivity contribution in [2.45, 2.75) is 0 Å². The van der Waals surface area contributed by atoms with Gasteiger partial charge in [-0.2, -0.15) is 0 Å². The molecule has 0 bridgehead atoms. The minimum Gasteiger partial charge on any atom is -0.350 e. The minimum absolute atomic E-state index is 0.152. The smallest absolute Gasteiger partial charge is 0.267 e. The molecule has 0 radical (unpaired) electrons. The summed E-state index contributed by atoms with van der Waals surface area (Å²) in [5.74, 6) is 0.314. The number of nitrogens with one attached hydrogen (secondary N) is 1. The maximum atomic E-state index is 12.1. The lowest BCUT2D eigenvalue weighted by Gasteiger charge is -2.09. The van der Waals surface area contributed by atoms with Crippen molar-refractivity contribution < 1.29 is 9.00 Å². The average molecular weight is 369 g/mol. The fraction of sp³-hybridized carbons (Fsp3) is 0.267. The zero-order chi connectivity index (χ0) is 15.4. The van der Waals surface area contributed by atoms with E-state index in [-0.39, 0.29) is 5.91 Å². The molecule has 1 atom stereocenters. The summed E-state index contributed by atoms with van der Waals surface area (Å²) < 4.78 is 13.8. The highest BCUT2D eigenvalue weighted by Crippen LogP contribution is 2.28. The highest BCUT2D eigenvalue weighted by atomic mass is 79.9. The molecule has 2 rings (SSSR count). The third kappa shape index (κ3) is 3.83. The van der Waals surface area contributed by atoms with Crippen molar-refractivity contribution in [2.75, 3.05) is 18.6 Å². The predicted octanol–water partition coefficient (Wildman–Crippen LogP) is 2.56. The Morgan fingerprint density at radius 3 is 2.67 bits per heavy atom. The summed E-state index contributed by atoms with van der Waals surface area (Å²) in [6, 6.07) is 11.6. The molecule has 1 N–H and O–H groups in total. The molecular weight excluding hydrogens is 352 g/mol. The first-order chi connectivity index (χ1) is 10.0. The van der Waals surface area contributed by atoms with Gasteiger partial charge in [0.25, 0.3) is 5.91 Å². The summed E-state index contributed by atoms with van der Waals surface area (Å²) in [7, 11) is 0.964. The van der Waals surface area contributed by atoms with Crippen LogP contribution in [0, 0.1) is 0 Å². The van der Waals surface area contributed by atoms with Gasteiger partial charge in [-0.3, -0.25) is 9.00 Å². The number of nitrogens with zero attached hydrogens (tertiary/aromatic N) is 1. The lowest BCUT2D eigenvalue weighted by Crippen LogP contribution is -2.29. The Morgan fingerprint density at radius 2 is 2.00 bits per heavy atom. The molecule has 112 valence electrons. The second kappa shape index (κ2) is 7.04. The molecule has 1 heterocycles. The van der Waals surface area contributed by atoms with Crippen LogP contribution in [0.4, 0.5) is 0 Å². The molecule has 21 heavy (non-hydrogen) atoms. The van der Waals surface area contributed by atoms with E-state index >= 15 is 0 Å². The molecule has 4 nitrogen and oxygen atoms in total. The molecule has 1 amide bonds. The number of hydrogen-bond acceptors (Lipinski definition) is 2. The van der Waals surface area contributed by atoms with Crippen LogP contribution in [0.15, 0.2) is 40.9 Å². The predicted molar refractivity (Wildman–Crippen MR) is 89.8 cm³/mol. The van der Waals surface area contributed by atoms with Crippen LogP contribution < -0.4 is 5.32 Å². The van der Waals surface area contributed by atoms with E-state index in [1.165, 1.54) is 0 Å². The summed E-state index contributed by atoms with van der Waals surface area (Å²) in [4.78, 5) is 12.1. The van der Waals surface area contributed by atoms with Crippen molar-refractivity contribution >= 4 is 32.6 Å². The molecule has 0 aliphatic carbocycles. The van der Waals surface area contributed by atoms with Gasteiger partial charge in [0.1, 0.15) is 5.69 Å². The highest BCUT2D eigenvalue weighted by molar-refractivity contribution is 9.10. The standard InChI is InChI=1S/C15H17BrN2O2S/c1-18-13(11-5-3-4-6-12(11)16)7-8-14(18)15(19)17-9-10-21(2)20/h3-8H,9-10H2,1-2H3,(H,17,19). The topological polar surface area (TPSA) is 51.1 Å². The van der Waals surface area contributed by atoms with Gasteiger partial charge in [0.05, 0.1) is 0 Å². The Morgan fingerprint density at radius 1 is 1.29 bits per heavy atom. The van der Waals surface area contributed by atoms with Crippen molar-refractivity contribution in [3.63, 3.8) is 0 Å². The van der Waals surface area contributed by atoms with Crippen LogP contribution in [0.5, 0.6) is 0 Å². The van der Waals surface area contributed by atoms with E-state index in [0.29, 0.717) is 18.0 Å². The van der Waals surface area contributed by atoms with Crippen LogP contribution in [-0.4, -0.2) is 33.2 Å². The zero-order valence-electron chi connectivity index (χ0n) is 11.9. The van der Waals surface area contributed by atoms with Gasteiger partial charge in [0.15, 0.2) is 0 Å². The van der Waals surface area contributed by atoms with E-state index in [2.05, 4.69) is 21.2 Å². The molecular formula is C15H17BrN2O2S. The minimum atomic E-state index is -0.899. The molecule has 1 unspecified atom stereocenters. The van der Waals surface area contributed by atoms with Crippen molar-refractivity contribution in [3.05, 3.63) is 46.6 Å². The van der Waals surface area contributed by atoms with Gasteiger partial charge in [0.2, 0.25) is 0 Å². The normalized spacial score (nSPS) is 12.1. The Kier molecular flexibility index (Phi) is 5.36. The fourth-order valence-electron chi connectivity index (χ4n) is 2.08. The second-order valence-electron chi connectivity index (χ2n) is 4.68. The van der Waals surface area contributed by atoms with E-state index in [1.807, 2.05) is 41.9 Å². The maximum absolute atomic E-state index is 12.1. The third-order valence-corrected chi connectivity index (χ3v) is 4.65. The number of amides is 1. The van der Waals surface area contributed by atoms with Crippen LogP contribution in [0.3, 0.4) is 0 Å². The number of carbonyl (C=O) groups is 1. The lowest BCUT2D eigenvalue weighted by molar-refractivity contribution is 0.0948. The molecule has 0 fully saturated rings. The Bertz CT molecular complexity index is 682. The lowest BCUT2D eigenvalue weighted by atomic mass is 10.1. The van der Waals surface area contributed by atoms with E-state index in [9.17, 15) is 9.00 Å². The van der Waals surface area contributed by atoms with Gasteiger partial charge >= 0.3 is 0 Å². The third-order valence-electron chi connectivity index (χ3n) is 3.18. The summed E-state index contributed by atoms with van der Waals surface area (Å²) >= 11 is 3.52. The van der Waals surface area contributed by atoms with E-state index in [1.54, 1.807) is 12.3 Å². The summed E-state index contributed by atoms with van der Waals surface area (Å²) in [6.45, 7) is 0.414. The largest absolute Gasteiger partial charge is 0.350 e. The maximum Gasteiger partial charge on any atom is 0.267 e. The number of rotatable bonds is 5. The van der Waals surface area contributed by atoms with E-state index in [0.717, 1.165) is 15.7 Å². The van der Waals surface area contributed by atoms with Crippen molar-refractivity contribution in [1.29, 1.82) is 0 Å². The summed E-state index contributed by atoms with van der Waals surface area (Å²) in [5.41, 5.74) is 2.59. The number of halogens is 1. The number of benzene rings is 1. The Hall–Kier alpha value is -1.40. The second-order valence-corrected chi connectivity index (χ2v) is 7.08. The first kappa shape index (κ1) is 16.0. The van der Waals surface area contributed by atoms with Gasteiger partial charge in [-0.25, -0.2) is 0 Å². The molecule has 0 spiro atoms. The van der Waals surface area contributed by atoms with E-state index in [4.69, 9.17) is 0 Å². The van der Waals surface area contributed by atoms with Crippen molar-refractivity contribution in [1.82, 2.24) is 9.88 Å². The molecule has 0 saturated heterocycles. The van der Waals surface area contributed by atoms with Crippen molar-refractivity contribution in [3.8, 4) is 11.3 Å². The van der Waals surface area contributed by atoms with Gasteiger partial charge in [-0.15, -0.1) is 0 Å². The van der Waals surface area contributed by atoms with Crippen molar-refractivity contribution in [2.24, 2.45) is 7.05 Å². The first-order valence-electron chi connectivity index (χ1n) is 6.49. The molecule has 6 heteroatoms. The monoisotopic (exact) mass is 368 g/mol. The Balaban J connectivity index is 2.19. The van der Waals surface area contributed by atoms with Crippen LogP contribution in [0.2, 0.25) is 0 Å². The number of hydrogen-bond donors (Lipinski definition) is 1. The van der Waals surface area contributed by atoms with Crippen LogP contribution in [-0.2, 0) is 17.8 Å². The van der Waals surface area contributed by atoms with Gasteiger partial charge in [0, 0.05) is 52.1 Å².